The van der Waals surface area contributed by atoms with Crippen LogP contribution in [0.5, 0.6) is 11.5 Å². The van der Waals surface area contributed by atoms with Gasteiger partial charge in [-0.1, -0.05) is 13.0 Å². The average molecular weight is 339 g/mol. The van der Waals surface area contributed by atoms with E-state index in [-0.39, 0.29) is 5.91 Å². The molecule has 1 N–H and O–H groups in total. The van der Waals surface area contributed by atoms with E-state index in [1.54, 1.807) is 6.08 Å². The summed E-state index contributed by atoms with van der Waals surface area (Å²) in [7, 11) is -0.863. The molecule has 1 amide bonds. The van der Waals surface area contributed by atoms with Gasteiger partial charge in [0.15, 0.2) is 11.5 Å². The molecular weight excluding hydrogens is 314 g/mol. The fourth-order valence-corrected chi connectivity index (χ4v) is 2.45. The Morgan fingerprint density at radius 2 is 1.87 bits per heavy atom. The van der Waals surface area contributed by atoms with Crippen LogP contribution in [0, 0.1) is 0 Å². The lowest BCUT2D eigenvalue weighted by Gasteiger charge is -2.11. The fraction of sp³-hybridized carbons (Fsp3) is 0.471. The molecule has 0 unspecified atom stereocenters. The van der Waals surface area contributed by atoms with Gasteiger partial charge in [0.2, 0.25) is 5.91 Å². The molecule has 128 valence electrons. The molecule has 0 radical (unpaired) electrons. The first kappa shape index (κ1) is 19.2. The van der Waals surface area contributed by atoms with Crippen molar-refractivity contribution in [1.29, 1.82) is 0 Å². The van der Waals surface area contributed by atoms with E-state index in [2.05, 4.69) is 5.32 Å². The molecule has 1 atom stereocenters. The van der Waals surface area contributed by atoms with Crippen LogP contribution in [0.25, 0.3) is 6.08 Å². The molecule has 1 rings (SSSR count). The van der Waals surface area contributed by atoms with Crippen LogP contribution in [0.1, 0.15) is 26.3 Å². The molecule has 0 bridgehead atoms. The summed E-state index contributed by atoms with van der Waals surface area (Å²) in [5, 5.41) is 2.71. The maximum Gasteiger partial charge on any atom is 0.244 e. The summed E-state index contributed by atoms with van der Waals surface area (Å²) in [6.07, 6.45) is 3.17. The third kappa shape index (κ3) is 7.32. The third-order valence-electron chi connectivity index (χ3n) is 2.95. The molecule has 6 heteroatoms. The van der Waals surface area contributed by atoms with Gasteiger partial charge in [0.1, 0.15) is 0 Å². The van der Waals surface area contributed by atoms with Gasteiger partial charge in [-0.05, 0) is 37.6 Å². The molecule has 0 spiro atoms. The second-order valence-electron chi connectivity index (χ2n) is 4.63. The van der Waals surface area contributed by atoms with Crippen LogP contribution in [0.15, 0.2) is 24.3 Å². The number of hydrogen-bond acceptors (Lipinski definition) is 4. The number of benzene rings is 1. The van der Waals surface area contributed by atoms with Gasteiger partial charge in [0.05, 0.1) is 13.2 Å². The zero-order valence-corrected chi connectivity index (χ0v) is 14.8. The number of amides is 1. The topological polar surface area (TPSA) is 64.6 Å². The SMILES string of the molecule is CCOc1ccc(/C=C\C(=O)NCC[S@@](=O)CC)cc1OCC. The Hall–Kier alpha value is -1.82. The van der Waals surface area contributed by atoms with Crippen LogP contribution < -0.4 is 14.8 Å². The monoisotopic (exact) mass is 339 g/mol. The van der Waals surface area contributed by atoms with Crippen molar-refractivity contribution in [2.24, 2.45) is 0 Å². The number of hydrogen-bond donors (Lipinski definition) is 1. The molecule has 0 aliphatic carbocycles. The molecule has 0 saturated carbocycles. The molecule has 23 heavy (non-hydrogen) atoms. The minimum absolute atomic E-state index is 0.204. The average Bonchev–Trinajstić information content (AvgIpc) is 2.55. The van der Waals surface area contributed by atoms with E-state index in [9.17, 15) is 9.00 Å². The molecule has 5 nitrogen and oxygen atoms in total. The van der Waals surface area contributed by atoms with Crippen LogP contribution in [-0.2, 0) is 15.6 Å². The Morgan fingerprint density at radius 3 is 2.52 bits per heavy atom. The Morgan fingerprint density at radius 1 is 1.17 bits per heavy atom. The summed E-state index contributed by atoms with van der Waals surface area (Å²) in [6.45, 7) is 7.21. The molecule has 1 aromatic carbocycles. The van der Waals surface area contributed by atoms with Gasteiger partial charge >= 0.3 is 0 Å². The second-order valence-corrected chi connectivity index (χ2v) is 6.49. The number of nitrogens with one attached hydrogen (secondary N) is 1. The van der Waals surface area contributed by atoms with E-state index in [4.69, 9.17) is 9.47 Å². The summed E-state index contributed by atoms with van der Waals surface area (Å²) < 4.78 is 22.3. The Labute approximate surface area is 140 Å². The van der Waals surface area contributed by atoms with Gasteiger partial charge in [-0.2, -0.15) is 0 Å². The zero-order valence-electron chi connectivity index (χ0n) is 14.0. The van der Waals surface area contributed by atoms with E-state index in [1.165, 1.54) is 6.08 Å². The second kappa shape index (κ2) is 10.8. The largest absolute Gasteiger partial charge is 0.490 e. The van der Waals surface area contributed by atoms with Crippen molar-refractivity contribution < 1.29 is 18.5 Å². The molecule has 0 aromatic heterocycles. The van der Waals surface area contributed by atoms with Gasteiger partial charge in [-0.3, -0.25) is 9.00 Å². The third-order valence-corrected chi connectivity index (χ3v) is 4.25. The first-order valence-corrected chi connectivity index (χ1v) is 9.30. The van der Waals surface area contributed by atoms with Crippen molar-refractivity contribution in [2.45, 2.75) is 20.8 Å². The maximum absolute atomic E-state index is 11.7. The number of carbonyl (C=O) groups excluding carboxylic acids is 1. The van der Waals surface area contributed by atoms with Gasteiger partial charge < -0.3 is 14.8 Å². The summed E-state index contributed by atoms with van der Waals surface area (Å²) in [5.41, 5.74) is 0.851. The van der Waals surface area contributed by atoms with E-state index in [0.29, 0.717) is 42.8 Å². The fourth-order valence-electron chi connectivity index (χ4n) is 1.83. The molecule has 0 heterocycles. The number of ether oxygens (including phenoxy) is 2. The van der Waals surface area contributed by atoms with E-state index >= 15 is 0 Å². The lowest BCUT2D eigenvalue weighted by atomic mass is 10.2. The predicted octanol–water partition coefficient (Wildman–Crippen LogP) is 2.38. The van der Waals surface area contributed by atoms with Crippen LogP contribution in [-0.4, -0.2) is 41.4 Å². The van der Waals surface area contributed by atoms with Crippen LogP contribution >= 0.6 is 0 Å². The summed E-state index contributed by atoms with van der Waals surface area (Å²) in [4.78, 5) is 11.7. The highest BCUT2D eigenvalue weighted by molar-refractivity contribution is 7.84. The molecule has 1 aromatic rings. The predicted molar refractivity (Wildman–Crippen MR) is 94.4 cm³/mol. The van der Waals surface area contributed by atoms with Gasteiger partial charge in [-0.15, -0.1) is 0 Å². The van der Waals surface area contributed by atoms with Gasteiger partial charge in [0, 0.05) is 34.9 Å². The molecule has 0 saturated heterocycles. The Kier molecular flexibility index (Phi) is 9.05. The number of carbonyl (C=O) groups is 1. The summed E-state index contributed by atoms with van der Waals surface area (Å²) in [6, 6.07) is 5.53. The highest BCUT2D eigenvalue weighted by Gasteiger charge is 2.05. The molecule has 0 aliphatic rings. The lowest BCUT2D eigenvalue weighted by molar-refractivity contribution is -0.116. The van der Waals surface area contributed by atoms with Crippen LogP contribution in [0.2, 0.25) is 0 Å². The quantitative estimate of drug-likeness (QED) is 0.665. The maximum atomic E-state index is 11.7. The number of rotatable bonds is 10. The minimum Gasteiger partial charge on any atom is -0.490 e. The van der Waals surface area contributed by atoms with Crippen LogP contribution in [0.4, 0.5) is 0 Å². The smallest absolute Gasteiger partial charge is 0.244 e. The van der Waals surface area contributed by atoms with Crippen molar-refractivity contribution in [2.75, 3.05) is 31.3 Å². The van der Waals surface area contributed by atoms with Crippen molar-refractivity contribution >= 4 is 22.8 Å². The molecular formula is C17H25NO4S. The minimum atomic E-state index is -0.863. The normalized spacial score (nSPS) is 12.1. The molecule has 0 aliphatic heterocycles. The first-order chi connectivity index (χ1) is 11.1. The van der Waals surface area contributed by atoms with E-state index in [1.807, 2.05) is 39.0 Å². The zero-order chi connectivity index (χ0) is 17.1. The van der Waals surface area contributed by atoms with E-state index in [0.717, 1.165) is 5.56 Å². The van der Waals surface area contributed by atoms with E-state index < -0.39 is 10.8 Å². The Balaban J connectivity index is 2.63. The first-order valence-electron chi connectivity index (χ1n) is 7.81. The standard InChI is InChI=1S/C17H25NO4S/c1-4-21-15-9-7-14(13-16(15)22-5-2)8-10-17(19)18-11-12-23(20)6-3/h7-10,13H,4-6,11-12H2,1-3H3,(H,18,19)/b10-8-/t23-/m0/s1. The Bertz CT molecular complexity index is 558. The van der Waals surface area contributed by atoms with Gasteiger partial charge in [0.25, 0.3) is 0 Å². The summed E-state index contributed by atoms with van der Waals surface area (Å²) >= 11 is 0. The molecule has 0 fully saturated rings. The van der Waals surface area contributed by atoms with Crippen molar-refractivity contribution in [3.05, 3.63) is 29.8 Å². The highest BCUT2D eigenvalue weighted by Crippen LogP contribution is 2.28. The highest BCUT2D eigenvalue weighted by atomic mass is 32.2. The van der Waals surface area contributed by atoms with Crippen LogP contribution in [0.3, 0.4) is 0 Å². The van der Waals surface area contributed by atoms with Crippen molar-refractivity contribution in [3.63, 3.8) is 0 Å². The van der Waals surface area contributed by atoms with Crippen molar-refractivity contribution in [3.8, 4) is 11.5 Å². The van der Waals surface area contributed by atoms with Crippen molar-refractivity contribution in [1.82, 2.24) is 5.32 Å². The van der Waals surface area contributed by atoms with Gasteiger partial charge in [-0.25, -0.2) is 0 Å². The summed E-state index contributed by atoms with van der Waals surface area (Å²) in [5.74, 6) is 2.24. The lowest BCUT2D eigenvalue weighted by Crippen LogP contribution is -2.26.